The smallest absolute Gasteiger partial charge is 0.344 e. The maximum Gasteiger partial charge on any atom is 0.344 e. The predicted octanol–water partition coefficient (Wildman–Crippen LogP) is 6.05. The lowest BCUT2D eigenvalue weighted by Gasteiger charge is -2.63. The quantitative estimate of drug-likeness (QED) is 0.101. The Morgan fingerprint density at radius 1 is 0.899 bits per heavy atom. The van der Waals surface area contributed by atoms with Gasteiger partial charge in [0, 0.05) is 96.5 Å². The molecule has 5 aliphatic heterocycles. The van der Waals surface area contributed by atoms with Gasteiger partial charge in [0.1, 0.15) is 11.2 Å². The van der Waals surface area contributed by atoms with Crippen molar-refractivity contribution >= 4 is 40.4 Å². The van der Waals surface area contributed by atoms with Gasteiger partial charge in [-0.15, -0.1) is 0 Å². The molecular weight excluding hydrogens is 875 g/mol. The Morgan fingerprint density at radius 3 is 2.36 bits per heavy atom. The highest BCUT2D eigenvalue weighted by molar-refractivity contribution is 5.96. The number of para-hydroxylation sites is 1. The molecule has 14 nitrogen and oxygen atoms in total. The Bertz CT molecular complexity index is 2800. The number of methoxy groups -OCH3 is 3. The van der Waals surface area contributed by atoms with Crippen LogP contribution < -0.4 is 15.0 Å². The lowest BCUT2D eigenvalue weighted by molar-refractivity contribution is -0.228. The van der Waals surface area contributed by atoms with E-state index in [4.69, 9.17) is 18.9 Å². The molecule has 1 amide bonds. The number of aromatic nitrogens is 1. The van der Waals surface area contributed by atoms with Crippen LogP contribution in [0, 0.1) is 25.2 Å². The van der Waals surface area contributed by atoms with Crippen molar-refractivity contribution in [1.82, 2.24) is 20.1 Å². The zero-order chi connectivity index (χ0) is 49.0. The summed E-state index contributed by atoms with van der Waals surface area (Å²) in [5.74, 6) is -1.74. The first-order valence-corrected chi connectivity index (χ1v) is 24.7. The van der Waals surface area contributed by atoms with Crippen LogP contribution in [0.1, 0.15) is 96.7 Å². The second kappa shape index (κ2) is 16.7. The molecule has 14 heteroatoms. The topological polar surface area (TPSA) is 163 Å². The van der Waals surface area contributed by atoms with E-state index in [9.17, 15) is 19.5 Å². The number of carbonyl (C=O) groups is 4. The summed E-state index contributed by atoms with van der Waals surface area (Å²) in [7, 11) is 6.18. The summed E-state index contributed by atoms with van der Waals surface area (Å²) in [6, 6.07) is 16.8. The lowest BCUT2D eigenvalue weighted by atomic mass is 9.47. The Labute approximate surface area is 404 Å². The number of likely N-dealkylation sites (N-methyl/N-ethyl adjacent to an activating group) is 1. The molecular formula is C55H67N5O9. The van der Waals surface area contributed by atoms with E-state index in [1.807, 2.05) is 75.2 Å². The van der Waals surface area contributed by atoms with Crippen LogP contribution in [-0.2, 0) is 45.8 Å². The first-order chi connectivity index (χ1) is 33.0. The predicted molar refractivity (Wildman–Crippen MR) is 262 cm³/mol. The number of benzene rings is 3. The summed E-state index contributed by atoms with van der Waals surface area (Å²) < 4.78 is 24.3. The van der Waals surface area contributed by atoms with Gasteiger partial charge in [0.2, 0.25) is 5.60 Å². The van der Waals surface area contributed by atoms with E-state index in [2.05, 4.69) is 51.3 Å². The lowest BCUT2D eigenvalue weighted by Crippen LogP contribution is -2.81. The van der Waals surface area contributed by atoms with Crippen LogP contribution in [-0.4, -0.2) is 134 Å². The Balaban J connectivity index is 1.21. The summed E-state index contributed by atoms with van der Waals surface area (Å²) >= 11 is 0. The molecule has 1 unspecified atom stereocenters. The van der Waals surface area contributed by atoms with Gasteiger partial charge in [-0.2, -0.15) is 0 Å². The summed E-state index contributed by atoms with van der Waals surface area (Å²) in [5, 5.41) is 18.0. The number of piperidine rings is 1. The monoisotopic (exact) mass is 941 g/mol. The third-order valence-electron chi connectivity index (χ3n) is 17.8. The van der Waals surface area contributed by atoms with Gasteiger partial charge in [-0.1, -0.05) is 50.3 Å². The number of amides is 1. The Kier molecular flexibility index (Phi) is 11.4. The number of anilines is 1. The third-order valence-corrected chi connectivity index (χ3v) is 17.8. The van der Waals surface area contributed by atoms with E-state index in [0.717, 1.165) is 44.5 Å². The van der Waals surface area contributed by atoms with E-state index in [-0.39, 0.29) is 17.9 Å². The van der Waals surface area contributed by atoms with Gasteiger partial charge >= 0.3 is 17.9 Å². The molecule has 10 rings (SSSR count). The number of aliphatic hydroxyl groups is 1. The van der Waals surface area contributed by atoms with Gasteiger partial charge in [-0.05, 0) is 111 Å². The van der Waals surface area contributed by atoms with Crippen molar-refractivity contribution in [3.63, 3.8) is 0 Å². The van der Waals surface area contributed by atoms with Gasteiger partial charge < -0.3 is 44.2 Å². The molecule has 3 aromatic carbocycles. The van der Waals surface area contributed by atoms with Gasteiger partial charge in [-0.3, -0.25) is 19.3 Å². The minimum absolute atomic E-state index is 0.120. The van der Waals surface area contributed by atoms with E-state index < -0.39 is 57.4 Å². The second-order valence-corrected chi connectivity index (χ2v) is 21.0. The highest BCUT2D eigenvalue weighted by Gasteiger charge is 2.80. The summed E-state index contributed by atoms with van der Waals surface area (Å²) in [6.07, 6.45) is 6.05. The number of esters is 3. The maximum absolute atomic E-state index is 15.7. The van der Waals surface area contributed by atoms with Crippen molar-refractivity contribution < 1.29 is 43.2 Å². The number of aryl methyl sites for hydroxylation is 2. The van der Waals surface area contributed by atoms with Crippen LogP contribution in [0.5, 0.6) is 5.75 Å². The zero-order valence-corrected chi connectivity index (χ0v) is 41.5. The number of aromatic amines is 1. The molecule has 1 aliphatic carbocycles. The fourth-order valence-electron chi connectivity index (χ4n) is 14.9. The molecule has 6 aliphatic rings. The first kappa shape index (κ1) is 47.0. The van der Waals surface area contributed by atoms with Crippen molar-refractivity contribution in [1.29, 1.82) is 0 Å². The third kappa shape index (κ3) is 6.53. The van der Waals surface area contributed by atoms with Gasteiger partial charge in [0.15, 0.2) is 6.10 Å². The summed E-state index contributed by atoms with van der Waals surface area (Å²) in [4.78, 5) is 68.3. The van der Waals surface area contributed by atoms with E-state index in [1.54, 1.807) is 7.11 Å². The van der Waals surface area contributed by atoms with Crippen molar-refractivity contribution in [2.45, 2.75) is 113 Å². The number of nitrogens with zero attached hydrogens (tertiary/aromatic N) is 3. The molecule has 69 heavy (non-hydrogen) atoms. The number of hydrogen-bond acceptors (Lipinski definition) is 12. The van der Waals surface area contributed by atoms with Crippen LogP contribution in [0.2, 0.25) is 0 Å². The molecule has 3 fully saturated rings. The Morgan fingerprint density at radius 2 is 1.67 bits per heavy atom. The van der Waals surface area contributed by atoms with Gasteiger partial charge in [0.25, 0.3) is 5.91 Å². The highest BCUT2D eigenvalue weighted by Crippen LogP contribution is 2.68. The number of carbonyl (C=O) groups excluding carboxylic acids is 4. The van der Waals surface area contributed by atoms with Gasteiger partial charge in [-0.25, -0.2) is 4.79 Å². The molecule has 0 radical (unpaired) electrons. The minimum Gasteiger partial charge on any atom is -0.496 e. The molecule has 2 saturated heterocycles. The average molecular weight is 942 g/mol. The molecule has 1 spiro atoms. The first-order valence-electron chi connectivity index (χ1n) is 24.7. The molecule has 3 N–H and O–H groups in total. The van der Waals surface area contributed by atoms with E-state index in [0.29, 0.717) is 88.1 Å². The fraction of sp³-hybridized carbons (Fsp3) is 0.527. The van der Waals surface area contributed by atoms with Crippen LogP contribution in [0.4, 0.5) is 5.69 Å². The van der Waals surface area contributed by atoms with E-state index in [1.165, 1.54) is 21.1 Å². The molecule has 10 atom stereocenters. The molecule has 1 aromatic heterocycles. The van der Waals surface area contributed by atoms with Crippen LogP contribution in [0.15, 0.2) is 66.7 Å². The van der Waals surface area contributed by atoms with Crippen LogP contribution in [0.3, 0.4) is 0 Å². The summed E-state index contributed by atoms with van der Waals surface area (Å²) in [6.45, 7) is 12.8. The molecule has 2 bridgehead atoms. The zero-order valence-electron chi connectivity index (χ0n) is 41.5. The van der Waals surface area contributed by atoms with Crippen LogP contribution in [0.25, 0.3) is 10.9 Å². The highest BCUT2D eigenvalue weighted by atomic mass is 16.6. The molecule has 4 aromatic rings. The number of ether oxygens (including phenoxy) is 4. The van der Waals surface area contributed by atoms with E-state index >= 15 is 4.79 Å². The van der Waals surface area contributed by atoms with Crippen molar-refractivity contribution in [3.05, 3.63) is 106 Å². The molecule has 1 saturated carbocycles. The SMILES string of the molecule is CC[C@]1(NC(=O)c2ccc(C)c(C)c2)C[C@H]2CN(CCc3c([nH]c4ccccc34)[C@@](C(=O)OC)(c3cc4c(cc3OC)N(C)[C@H]3[C@@](O)(C(=O)OC)[C@H](OC(C)=O)[C@]5(CC)C=CCN6CC[C@]43[C@@H]65)C2)C1. The number of rotatable bonds is 9. The van der Waals surface area contributed by atoms with Crippen molar-refractivity contribution in [2.75, 3.05) is 66.0 Å². The molecule has 6 heterocycles. The fourth-order valence-corrected chi connectivity index (χ4v) is 14.9. The number of fused-ring (bicyclic) bond motifs is 6. The maximum atomic E-state index is 15.7. The number of hydrogen-bond donors (Lipinski definition) is 3. The number of H-pyrrole nitrogens is 1. The Hall–Kier alpha value is -5.70. The number of nitrogens with one attached hydrogen (secondary N) is 2. The van der Waals surface area contributed by atoms with Crippen molar-refractivity contribution in [3.8, 4) is 5.75 Å². The van der Waals surface area contributed by atoms with Crippen LogP contribution >= 0.6 is 0 Å². The normalized spacial score (nSPS) is 33.2. The minimum atomic E-state index is -2.33. The van der Waals surface area contributed by atoms with Crippen molar-refractivity contribution in [2.24, 2.45) is 11.3 Å². The average Bonchev–Trinajstić information content (AvgIpc) is 4.01. The van der Waals surface area contributed by atoms with Gasteiger partial charge in [0.05, 0.1) is 32.9 Å². The molecule has 366 valence electrons. The standard InChI is InChI=1S/C55H67N5O9/c1-10-51(57-45(62)36-18-17-32(3)33(4)25-36)28-35-29-54(49(63)67-8,44-38(19-23-59(30-35)31-51)37-15-12-13-16-41(37)56-44)40-26-39-42(27-43(40)66-7)58(6)47-53(39)21-24-60-22-14-20-52(11-2,46(53)60)48(69-34(5)61)55(47,65)50(64)68-9/h12-18,20,25-27,35,46-48,56,65H,10-11,19,21-24,28-31H2,1-9H3,(H,57,62)/t35-,46+,47-,48-,51+,52-,53-,54+,55+/m1/s1. The second-order valence-electron chi connectivity index (χ2n) is 21.0. The largest absolute Gasteiger partial charge is 0.496 e. The summed E-state index contributed by atoms with van der Waals surface area (Å²) in [5.41, 5.74) is 1.29.